The van der Waals surface area contributed by atoms with Crippen LogP contribution in [0, 0.1) is 0 Å². The number of nitrogens with one attached hydrogen (secondary N) is 2. The molecule has 0 radical (unpaired) electrons. The van der Waals surface area contributed by atoms with E-state index in [2.05, 4.69) is 20.6 Å². The van der Waals surface area contributed by atoms with Crippen LogP contribution in [0.15, 0.2) is 17.3 Å². The molecule has 27 heavy (non-hydrogen) atoms. The fourth-order valence-electron chi connectivity index (χ4n) is 2.80. The van der Waals surface area contributed by atoms with Gasteiger partial charge >= 0.3 is 6.18 Å². The van der Waals surface area contributed by atoms with Gasteiger partial charge in [-0.1, -0.05) is 11.6 Å². The standard InChI is InChI=1S/C17H25ClF3N5O/c1-3-27-8-4-6-23-16(22-2)25-13-5-7-26(11-13)15-14(18)9-12(10-24-15)17(19,20)21/h9-10,13H,3-8,11H2,1-2H3,(H2,22,23,25). The third-order valence-corrected chi connectivity index (χ3v) is 4.44. The summed E-state index contributed by atoms with van der Waals surface area (Å²) in [4.78, 5) is 9.99. The van der Waals surface area contributed by atoms with Gasteiger partial charge in [-0.25, -0.2) is 4.98 Å². The molecule has 1 saturated heterocycles. The molecule has 1 aliphatic heterocycles. The van der Waals surface area contributed by atoms with Crippen molar-refractivity contribution in [3.8, 4) is 0 Å². The van der Waals surface area contributed by atoms with E-state index in [9.17, 15) is 13.2 Å². The van der Waals surface area contributed by atoms with Crippen molar-refractivity contribution in [1.29, 1.82) is 0 Å². The summed E-state index contributed by atoms with van der Waals surface area (Å²) in [6.07, 6.45) is -1.96. The molecule has 1 aromatic heterocycles. The number of nitrogens with zero attached hydrogens (tertiary/aromatic N) is 3. The Morgan fingerprint density at radius 2 is 2.26 bits per heavy atom. The van der Waals surface area contributed by atoms with Crippen LogP contribution in [-0.2, 0) is 10.9 Å². The van der Waals surface area contributed by atoms with E-state index in [1.807, 2.05) is 11.8 Å². The predicted molar refractivity (Wildman–Crippen MR) is 100 cm³/mol. The maximum Gasteiger partial charge on any atom is 0.417 e. The van der Waals surface area contributed by atoms with Crippen LogP contribution >= 0.6 is 11.6 Å². The first-order chi connectivity index (χ1) is 12.8. The summed E-state index contributed by atoms with van der Waals surface area (Å²) in [7, 11) is 1.69. The smallest absolute Gasteiger partial charge is 0.382 e. The van der Waals surface area contributed by atoms with E-state index < -0.39 is 11.7 Å². The van der Waals surface area contributed by atoms with Crippen molar-refractivity contribution in [2.45, 2.75) is 32.0 Å². The summed E-state index contributed by atoms with van der Waals surface area (Å²) < 4.78 is 43.5. The normalized spacial score (nSPS) is 18.1. The molecule has 2 N–H and O–H groups in total. The highest BCUT2D eigenvalue weighted by atomic mass is 35.5. The highest BCUT2D eigenvalue weighted by molar-refractivity contribution is 6.33. The van der Waals surface area contributed by atoms with Crippen molar-refractivity contribution in [1.82, 2.24) is 15.6 Å². The molecule has 1 aliphatic rings. The molecule has 0 aliphatic carbocycles. The number of aliphatic imine (C=N–C) groups is 1. The minimum Gasteiger partial charge on any atom is -0.382 e. The number of alkyl halides is 3. The first kappa shape index (κ1) is 21.6. The zero-order valence-corrected chi connectivity index (χ0v) is 16.2. The lowest BCUT2D eigenvalue weighted by Crippen LogP contribution is -2.45. The van der Waals surface area contributed by atoms with Crippen LogP contribution in [0.4, 0.5) is 19.0 Å². The minimum atomic E-state index is -4.45. The fourth-order valence-corrected chi connectivity index (χ4v) is 3.09. The van der Waals surface area contributed by atoms with Gasteiger partial charge in [-0.15, -0.1) is 0 Å². The molecule has 1 fully saturated rings. The van der Waals surface area contributed by atoms with E-state index in [1.54, 1.807) is 7.05 Å². The van der Waals surface area contributed by atoms with Gasteiger partial charge in [0, 0.05) is 52.1 Å². The van der Waals surface area contributed by atoms with Crippen molar-refractivity contribution in [3.05, 3.63) is 22.8 Å². The molecule has 0 spiro atoms. The Labute approximate surface area is 162 Å². The minimum absolute atomic E-state index is 0.00362. The summed E-state index contributed by atoms with van der Waals surface area (Å²) in [5.74, 6) is 1.05. The molecule has 1 atom stereocenters. The van der Waals surface area contributed by atoms with Crippen LogP contribution in [-0.4, -0.2) is 56.9 Å². The number of anilines is 1. The lowest BCUT2D eigenvalue weighted by molar-refractivity contribution is -0.137. The average Bonchev–Trinajstić information content (AvgIpc) is 3.07. The van der Waals surface area contributed by atoms with Gasteiger partial charge in [0.25, 0.3) is 0 Å². The van der Waals surface area contributed by atoms with Crippen LogP contribution < -0.4 is 15.5 Å². The van der Waals surface area contributed by atoms with Crippen molar-refractivity contribution in [2.24, 2.45) is 4.99 Å². The van der Waals surface area contributed by atoms with Crippen LogP contribution in [0.1, 0.15) is 25.3 Å². The van der Waals surface area contributed by atoms with Gasteiger partial charge in [0.15, 0.2) is 5.96 Å². The third-order valence-electron chi connectivity index (χ3n) is 4.16. The molecule has 10 heteroatoms. The Kier molecular flexibility index (Phi) is 7.97. The van der Waals surface area contributed by atoms with Gasteiger partial charge in [-0.2, -0.15) is 13.2 Å². The van der Waals surface area contributed by atoms with E-state index in [-0.39, 0.29) is 11.1 Å². The van der Waals surface area contributed by atoms with Crippen LogP contribution in [0.2, 0.25) is 5.02 Å². The Morgan fingerprint density at radius 3 is 2.89 bits per heavy atom. The Balaban J connectivity index is 1.87. The number of hydrogen-bond acceptors (Lipinski definition) is 4. The lowest BCUT2D eigenvalue weighted by Gasteiger charge is -2.21. The summed E-state index contributed by atoms with van der Waals surface area (Å²) in [6.45, 7) is 5.32. The molecule has 2 heterocycles. The quantitative estimate of drug-likeness (QED) is 0.413. The van der Waals surface area contributed by atoms with E-state index in [4.69, 9.17) is 16.3 Å². The van der Waals surface area contributed by atoms with E-state index in [0.29, 0.717) is 38.1 Å². The third kappa shape index (κ3) is 6.42. The molecule has 1 unspecified atom stereocenters. The summed E-state index contributed by atoms with van der Waals surface area (Å²) in [6, 6.07) is 1.02. The fraction of sp³-hybridized carbons (Fsp3) is 0.647. The monoisotopic (exact) mass is 407 g/mol. The summed E-state index contributed by atoms with van der Waals surface area (Å²) in [5, 5.41) is 6.54. The topological polar surface area (TPSA) is 61.8 Å². The van der Waals surface area contributed by atoms with E-state index in [1.165, 1.54) is 0 Å². The number of pyridine rings is 1. The Bertz CT molecular complexity index is 641. The molecule has 152 valence electrons. The zero-order valence-electron chi connectivity index (χ0n) is 15.4. The van der Waals surface area contributed by atoms with Gasteiger partial charge < -0.3 is 20.3 Å². The largest absolute Gasteiger partial charge is 0.417 e. The molecule has 0 bridgehead atoms. The summed E-state index contributed by atoms with van der Waals surface area (Å²) in [5.41, 5.74) is -0.846. The maximum atomic E-state index is 12.7. The first-order valence-electron chi connectivity index (χ1n) is 8.87. The summed E-state index contributed by atoms with van der Waals surface area (Å²) >= 11 is 6.03. The lowest BCUT2D eigenvalue weighted by atomic mass is 10.2. The Morgan fingerprint density at radius 1 is 1.48 bits per heavy atom. The van der Waals surface area contributed by atoms with E-state index in [0.717, 1.165) is 31.6 Å². The zero-order chi connectivity index (χ0) is 19.9. The number of hydrogen-bond donors (Lipinski definition) is 2. The molecule has 0 saturated carbocycles. The van der Waals surface area contributed by atoms with Crippen molar-refractivity contribution in [3.63, 3.8) is 0 Å². The first-order valence-corrected chi connectivity index (χ1v) is 9.25. The van der Waals surface area contributed by atoms with Gasteiger partial charge in [0.05, 0.1) is 10.6 Å². The second-order valence-electron chi connectivity index (χ2n) is 6.15. The van der Waals surface area contributed by atoms with Gasteiger partial charge in [0.1, 0.15) is 5.82 Å². The number of ether oxygens (including phenoxy) is 1. The molecule has 0 aromatic carbocycles. The van der Waals surface area contributed by atoms with Crippen LogP contribution in [0.25, 0.3) is 0 Å². The van der Waals surface area contributed by atoms with Gasteiger partial charge in [-0.3, -0.25) is 4.99 Å². The van der Waals surface area contributed by atoms with Crippen LogP contribution in [0.5, 0.6) is 0 Å². The number of halogens is 4. The van der Waals surface area contributed by atoms with Crippen molar-refractivity contribution in [2.75, 3.05) is 44.8 Å². The molecule has 1 aromatic rings. The highest BCUT2D eigenvalue weighted by Gasteiger charge is 2.33. The van der Waals surface area contributed by atoms with Gasteiger partial charge in [0.2, 0.25) is 0 Å². The molecular formula is C17H25ClF3N5O. The molecule has 2 rings (SSSR count). The van der Waals surface area contributed by atoms with E-state index >= 15 is 0 Å². The van der Waals surface area contributed by atoms with Crippen molar-refractivity contribution < 1.29 is 17.9 Å². The molecule has 6 nitrogen and oxygen atoms in total. The number of rotatable bonds is 7. The molecule has 0 amide bonds. The SMILES string of the molecule is CCOCCCNC(=NC)NC1CCN(c2ncc(C(F)(F)F)cc2Cl)C1. The van der Waals surface area contributed by atoms with Crippen molar-refractivity contribution >= 4 is 23.4 Å². The Hall–Kier alpha value is -1.74. The predicted octanol–water partition coefficient (Wildman–Crippen LogP) is 2.92. The maximum absolute atomic E-state index is 12.7. The average molecular weight is 408 g/mol. The highest BCUT2D eigenvalue weighted by Crippen LogP contribution is 2.34. The number of aromatic nitrogens is 1. The van der Waals surface area contributed by atoms with Gasteiger partial charge in [-0.05, 0) is 25.8 Å². The number of guanidine groups is 1. The molecular weight excluding hydrogens is 383 g/mol. The van der Waals surface area contributed by atoms with Crippen LogP contribution in [0.3, 0.4) is 0 Å². The second kappa shape index (κ2) is 9.98. The second-order valence-corrected chi connectivity index (χ2v) is 6.56.